The molecule has 1 amide bonds. The van der Waals surface area contributed by atoms with E-state index in [1.165, 1.54) is 0 Å². The third kappa shape index (κ3) is 5.70. The molecule has 0 aromatic rings. The van der Waals surface area contributed by atoms with Gasteiger partial charge < -0.3 is 15.8 Å². The van der Waals surface area contributed by atoms with Crippen molar-refractivity contribution >= 4 is 11.9 Å². The lowest BCUT2D eigenvalue weighted by molar-refractivity contribution is -0.147. The molecule has 0 saturated heterocycles. The van der Waals surface area contributed by atoms with E-state index in [1.54, 1.807) is 13.8 Å². The number of carbonyl (C=O) groups is 2. The summed E-state index contributed by atoms with van der Waals surface area (Å²) in [4.78, 5) is 22.9. The maximum absolute atomic E-state index is 11.6. The normalized spacial score (nSPS) is 14.0. The second-order valence-corrected chi connectivity index (χ2v) is 3.81. The first kappa shape index (κ1) is 14.9. The second kappa shape index (κ2) is 8.10. The minimum atomic E-state index is -0.590. The van der Waals surface area contributed by atoms with E-state index in [0.717, 1.165) is 12.8 Å². The van der Waals surface area contributed by atoms with E-state index in [1.807, 2.05) is 6.92 Å². The van der Waals surface area contributed by atoms with E-state index in [4.69, 9.17) is 10.5 Å². The number of esters is 1. The van der Waals surface area contributed by atoms with Gasteiger partial charge in [-0.3, -0.25) is 4.79 Å². The van der Waals surface area contributed by atoms with Crippen molar-refractivity contribution < 1.29 is 14.3 Å². The highest BCUT2D eigenvalue weighted by molar-refractivity contribution is 5.85. The van der Waals surface area contributed by atoms with Gasteiger partial charge >= 0.3 is 5.97 Å². The number of nitrogens with one attached hydrogen (secondary N) is 1. The first-order valence-electron chi connectivity index (χ1n) is 5.70. The number of amides is 1. The number of hydrogen-bond donors (Lipinski definition) is 2. The van der Waals surface area contributed by atoms with Crippen molar-refractivity contribution in [2.45, 2.75) is 39.7 Å². The average molecular weight is 230 g/mol. The van der Waals surface area contributed by atoms with E-state index < -0.39 is 12.0 Å². The van der Waals surface area contributed by atoms with Crippen molar-refractivity contribution in [3.8, 4) is 0 Å². The summed E-state index contributed by atoms with van der Waals surface area (Å²) in [5, 5.41) is 2.62. The van der Waals surface area contributed by atoms with E-state index in [2.05, 4.69) is 5.32 Å². The Morgan fingerprint density at radius 2 is 2.00 bits per heavy atom. The van der Waals surface area contributed by atoms with Gasteiger partial charge in [-0.2, -0.15) is 0 Å². The standard InChI is InChI=1S/C11H22N2O3/c1-4-16-11(15)9(3)13-10(14)8(2)6-5-7-12/h8-9H,4-7,12H2,1-3H3,(H,13,14). The van der Waals surface area contributed by atoms with E-state index in [0.29, 0.717) is 13.2 Å². The Morgan fingerprint density at radius 1 is 1.38 bits per heavy atom. The molecule has 0 radical (unpaired) electrons. The molecule has 0 fully saturated rings. The van der Waals surface area contributed by atoms with Gasteiger partial charge in [0.05, 0.1) is 6.61 Å². The highest BCUT2D eigenvalue weighted by Crippen LogP contribution is 2.05. The van der Waals surface area contributed by atoms with Crippen molar-refractivity contribution in [1.29, 1.82) is 0 Å². The summed E-state index contributed by atoms with van der Waals surface area (Å²) in [5.41, 5.74) is 5.36. The Morgan fingerprint density at radius 3 is 2.50 bits per heavy atom. The van der Waals surface area contributed by atoms with E-state index in [-0.39, 0.29) is 11.8 Å². The van der Waals surface area contributed by atoms with Crippen molar-refractivity contribution in [3.63, 3.8) is 0 Å². The monoisotopic (exact) mass is 230 g/mol. The molecule has 0 aliphatic heterocycles. The van der Waals surface area contributed by atoms with Crippen LogP contribution < -0.4 is 11.1 Å². The molecule has 2 atom stereocenters. The fourth-order valence-corrected chi connectivity index (χ4v) is 1.24. The zero-order valence-electron chi connectivity index (χ0n) is 10.3. The predicted molar refractivity (Wildman–Crippen MR) is 61.7 cm³/mol. The fraction of sp³-hybridized carbons (Fsp3) is 0.818. The van der Waals surface area contributed by atoms with Gasteiger partial charge in [0.2, 0.25) is 5.91 Å². The van der Waals surface area contributed by atoms with Crippen molar-refractivity contribution in [2.75, 3.05) is 13.2 Å². The molecule has 16 heavy (non-hydrogen) atoms. The summed E-state index contributed by atoms with van der Waals surface area (Å²) in [7, 11) is 0. The highest BCUT2D eigenvalue weighted by Gasteiger charge is 2.19. The van der Waals surface area contributed by atoms with Gasteiger partial charge in [-0.15, -0.1) is 0 Å². The van der Waals surface area contributed by atoms with E-state index >= 15 is 0 Å². The van der Waals surface area contributed by atoms with Crippen LogP contribution in [-0.2, 0) is 14.3 Å². The fourth-order valence-electron chi connectivity index (χ4n) is 1.24. The van der Waals surface area contributed by atoms with Crippen LogP contribution in [0.15, 0.2) is 0 Å². The summed E-state index contributed by atoms with van der Waals surface area (Å²) in [6.45, 7) is 6.07. The molecule has 0 spiro atoms. The van der Waals surface area contributed by atoms with Crippen LogP contribution in [-0.4, -0.2) is 31.1 Å². The molecule has 0 bridgehead atoms. The van der Waals surface area contributed by atoms with Crippen LogP contribution in [0, 0.1) is 5.92 Å². The molecule has 0 aromatic carbocycles. The summed E-state index contributed by atoms with van der Waals surface area (Å²) in [6, 6.07) is -0.590. The van der Waals surface area contributed by atoms with E-state index in [9.17, 15) is 9.59 Å². The molecule has 3 N–H and O–H groups in total. The number of rotatable bonds is 7. The van der Waals surface area contributed by atoms with Gasteiger partial charge in [0.1, 0.15) is 6.04 Å². The molecule has 0 aromatic heterocycles. The van der Waals surface area contributed by atoms with Crippen LogP contribution in [0.3, 0.4) is 0 Å². The quantitative estimate of drug-likeness (QED) is 0.621. The third-order valence-electron chi connectivity index (χ3n) is 2.29. The number of nitrogens with two attached hydrogens (primary N) is 1. The van der Waals surface area contributed by atoms with Crippen LogP contribution in [0.1, 0.15) is 33.6 Å². The van der Waals surface area contributed by atoms with Crippen LogP contribution in [0.25, 0.3) is 0 Å². The van der Waals surface area contributed by atoms with Crippen LogP contribution >= 0.6 is 0 Å². The van der Waals surface area contributed by atoms with Crippen molar-refractivity contribution in [3.05, 3.63) is 0 Å². The van der Waals surface area contributed by atoms with Crippen LogP contribution in [0.2, 0.25) is 0 Å². The molecule has 0 aliphatic carbocycles. The van der Waals surface area contributed by atoms with Gasteiger partial charge in [0.25, 0.3) is 0 Å². The summed E-state index contributed by atoms with van der Waals surface area (Å²) < 4.78 is 4.79. The Hall–Kier alpha value is -1.10. The Labute approximate surface area is 96.7 Å². The summed E-state index contributed by atoms with van der Waals surface area (Å²) in [5.74, 6) is -0.656. The molecule has 94 valence electrons. The molecule has 0 aliphatic rings. The third-order valence-corrected chi connectivity index (χ3v) is 2.29. The lowest BCUT2D eigenvalue weighted by atomic mass is 10.0. The lowest BCUT2D eigenvalue weighted by Crippen LogP contribution is -2.42. The Bertz CT molecular complexity index is 231. The molecule has 0 saturated carbocycles. The number of ether oxygens (including phenoxy) is 1. The molecule has 2 unspecified atom stereocenters. The molecular weight excluding hydrogens is 208 g/mol. The predicted octanol–water partition coefficient (Wildman–Crippen LogP) is 0.429. The highest BCUT2D eigenvalue weighted by atomic mass is 16.5. The van der Waals surface area contributed by atoms with Gasteiger partial charge in [0, 0.05) is 5.92 Å². The molecule has 0 rings (SSSR count). The van der Waals surface area contributed by atoms with Crippen LogP contribution in [0.5, 0.6) is 0 Å². The van der Waals surface area contributed by atoms with Gasteiger partial charge in [-0.25, -0.2) is 4.79 Å². The maximum Gasteiger partial charge on any atom is 0.328 e. The molecule has 5 nitrogen and oxygen atoms in total. The number of carbonyl (C=O) groups excluding carboxylic acids is 2. The first-order chi connectivity index (χ1) is 7.52. The minimum Gasteiger partial charge on any atom is -0.464 e. The SMILES string of the molecule is CCOC(=O)C(C)NC(=O)C(C)CCCN. The van der Waals surface area contributed by atoms with Gasteiger partial charge in [-0.05, 0) is 33.2 Å². The zero-order valence-corrected chi connectivity index (χ0v) is 10.3. The minimum absolute atomic E-state index is 0.125. The van der Waals surface area contributed by atoms with Crippen molar-refractivity contribution in [2.24, 2.45) is 11.7 Å². The average Bonchev–Trinajstić information content (AvgIpc) is 2.25. The first-order valence-corrected chi connectivity index (χ1v) is 5.70. The number of hydrogen-bond acceptors (Lipinski definition) is 4. The largest absolute Gasteiger partial charge is 0.464 e. The summed E-state index contributed by atoms with van der Waals surface area (Å²) >= 11 is 0. The zero-order chi connectivity index (χ0) is 12.6. The molecule has 5 heteroatoms. The second-order valence-electron chi connectivity index (χ2n) is 3.81. The lowest BCUT2D eigenvalue weighted by Gasteiger charge is -2.16. The van der Waals surface area contributed by atoms with Crippen molar-refractivity contribution in [1.82, 2.24) is 5.32 Å². The van der Waals surface area contributed by atoms with Gasteiger partial charge in [0.15, 0.2) is 0 Å². The molecular formula is C11H22N2O3. The summed E-state index contributed by atoms with van der Waals surface area (Å²) in [6.07, 6.45) is 1.54. The molecule has 0 heterocycles. The maximum atomic E-state index is 11.6. The smallest absolute Gasteiger partial charge is 0.328 e. The van der Waals surface area contributed by atoms with Crippen LogP contribution in [0.4, 0.5) is 0 Å². The topological polar surface area (TPSA) is 81.4 Å². The Kier molecular flexibility index (Phi) is 7.54. The van der Waals surface area contributed by atoms with Gasteiger partial charge in [-0.1, -0.05) is 6.92 Å². The Balaban J connectivity index is 3.97.